The molecule has 2 atom stereocenters. The number of aliphatic hydroxyl groups is 2. The van der Waals surface area contributed by atoms with E-state index >= 15 is 0 Å². The summed E-state index contributed by atoms with van der Waals surface area (Å²) in [6.45, 7) is 4.63. The van der Waals surface area contributed by atoms with Crippen LogP contribution in [0.15, 0.2) is 18.2 Å². The van der Waals surface area contributed by atoms with Crippen molar-refractivity contribution in [1.82, 2.24) is 5.32 Å². The number of amides is 1. The summed E-state index contributed by atoms with van der Waals surface area (Å²) in [6.07, 6.45) is -3.91. The minimum Gasteiger partial charge on any atom is -0.478 e. The Labute approximate surface area is 132 Å². The Morgan fingerprint density at radius 2 is 1.91 bits per heavy atom. The Hall–Kier alpha value is -2.19. The highest BCUT2D eigenvalue weighted by Gasteiger charge is 2.24. The van der Waals surface area contributed by atoms with Gasteiger partial charge in [-0.05, 0) is 32.9 Å². The van der Waals surface area contributed by atoms with E-state index in [1.54, 1.807) is 20.8 Å². The van der Waals surface area contributed by atoms with Gasteiger partial charge in [0.2, 0.25) is 0 Å². The van der Waals surface area contributed by atoms with Crippen molar-refractivity contribution in [2.75, 3.05) is 6.54 Å². The summed E-state index contributed by atoms with van der Waals surface area (Å²) in [5, 5.41) is 30.7. The summed E-state index contributed by atoms with van der Waals surface area (Å²) in [4.78, 5) is 22.2. The van der Waals surface area contributed by atoms with Crippen molar-refractivity contribution >= 4 is 12.1 Å². The van der Waals surface area contributed by atoms with Gasteiger partial charge in [0, 0.05) is 12.1 Å². The van der Waals surface area contributed by atoms with Gasteiger partial charge in [-0.2, -0.15) is 0 Å². The predicted molar refractivity (Wildman–Crippen MR) is 78.6 cm³/mol. The zero-order chi connectivity index (χ0) is 17.8. The number of hydrogen-bond donors (Lipinski definition) is 4. The van der Waals surface area contributed by atoms with E-state index in [0.29, 0.717) is 0 Å². The maximum atomic E-state index is 13.8. The first-order valence-corrected chi connectivity index (χ1v) is 6.87. The molecule has 7 nitrogen and oxygen atoms in total. The molecule has 4 N–H and O–H groups in total. The lowest BCUT2D eigenvalue weighted by Crippen LogP contribution is -2.39. The number of alkyl carbamates (subject to hydrolysis) is 1. The van der Waals surface area contributed by atoms with Crippen LogP contribution in [0, 0.1) is 5.82 Å². The molecule has 0 saturated carbocycles. The van der Waals surface area contributed by atoms with Crippen molar-refractivity contribution in [3.63, 3.8) is 0 Å². The van der Waals surface area contributed by atoms with Crippen molar-refractivity contribution in [3.05, 3.63) is 35.1 Å². The fourth-order valence-electron chi connectivity index (χ4n) is 1.72. The van der Waals surface area contributed by atoms with Crippen molar-refractivity contribution in [3.8, 4) is 0 Å². The first kappa shape index (κ1) is 18.9. The normalized spacial score (nSPS) is 14.0. The van der Waals surface area contributed by atoms with Gasteiger partial charge in [0.1, 0.15) is 23.6 Å². The molecule has 23 heavy (non-hydrogen) atoms. The second-order valence-corrected chi connectivity index (χ2v) is 5.94. The number of carbonyl (C=O) groups excluding carboxylic acids is 1. The molecular formula is C15H20FNO6. The molecular weight excluding hydrogens is 309 g/mol. The van der Waals surface area contributed by atoms with E-state index in [0.717, 1.165) is 18.2 Å². The van der Waals surface area contributed by atoms with Crippen LogP contribution in [0.25, 0.3) is 0 Å². The van der Waals surface area contributed by atoms with Gasteiger partial charge < -0.3 is 25.4 Å². The maximum absolute atomic E-state index is 13.8. The van der Waals surface area contributed by atoms with Crippen LogP contribution in [-0.4, -0.2) is 45.6 Å². The molecule has 0 bridgehead atoms. The Bertz CT molecular complexity index is 584. The van der Waals surface area contributed by atoms with Crippen LogP contribution in [0.3, 0.4) is 0 Å². The molecule has 0 radical (unpaired) electrons. The van der Waals surface area contributed by atoms with Crippen LogP contribution in [-0.2, 0) is 4.74 Å². The number of nitrogens with one attached hydrogen (secondary N) is 1. The second-order valence-electron chi connectivity index (χ2n) is 5.94. The van der Waals surface area contributed by atoms with Crippen LogP contribution in [0.4, 0.5) is 9.18 Å². The van der Waals surface area contributed by atoms with Gasteiger partial charge in [-0.1, -0.05) is 6.07 Å². The molecule has 8 heteroatoms. The largest absolute Gasteiger partial charge is 0.478 e. The number of halogens is 1. The molecule has 0 aromatic heterocycles. The maximum Gasteiger partial charge on any atom is 0.407 e. The van der Waals surface area contributed by atoms with Crippen molar-refractivity contribution in [2.24, 2.45) is 0 Å². The number of hydrogen-bond acceptors (Lipinski definition) is 5. The standard InChI is InChI=1S/C15H20FNO6/c1-15(2,3)23-14(22)17-7-11(18)12(19)9-5-4-8(13(20)21)6-10(9)16/h4-6,11-12,18-19H,7H2,1-3H3,(H,17,22)(H,20,21). The number of aliphatic hydroxyl groups excluding tert-OH is 2. The van der Waals surface area contributed by atoms with E-state index in [9.17, 15) is 24.2 Å². The lowest BCUT2D eigenvalue weighted by Gasteiger charge is -2.22. The molecule has 0 saturated heterocycles. The summed E-state index contributed by atoms with van der Waals surface area (Å²) in [6, 6.07) is 2.92. The van der Waals surface area contributed by atoms with E-state index in [1.807, 2.05) is 0 Å². The number of carboxylic acids is 1. The van der Waals surface area contributed by atoms with E-state index < -0.39 is 35.7 Å². The molecule has 0 fully saturated rings. The number of rotatable bonds is 5. The van der Waals surface area contributed by atoms with Gasteiger partial charge in [-0.15, -0.1) is 0 Å². The summed E-state index contributed by atoms with van der Waals surface area (Å²) in [5.41, 5.74) is -1.26. The Kier molecular flexibility index (Phi) is 6.05. The average Bonchev–Trinajstić information content (AvgIpc) is 2.41. The van der Waals surface area contributed by atoms with Crippen LogP contribution < -0.4 is 5.32 Å². The van der Waals surface area contributed by atoms with Crippen molar-refractivity contribution in [1.29, 1.82) is 0 Å². The molecule has 1 aromatic carbocycles. The minimum atomic E-state index is -1.63. The van der Waals surface area contributed by atoms with E-state index in [-0.39, 0.29) is 17.7 Å². The lowest BCUT2D eigenvalue weighted by molar-refractivity contribution is 0.0113. The number of benzene rings is 1. The molecule has 2 unspecified atom stereocenters. The van der Waals surface area contributed by atoms with Gasteiger partial charge >= 0.3 is 12.1 Å². The van der Waals surface area contributed by atoms with Crippen LogP contribution >= 0.6 is 0 Å². The van der Waals surface area contributed by atoms with Gasteiger partial charge in [-0.3, -0.25) is 0 Å². The number of carboxylic acid groups (broad SMARTS) is 1. The third-order valence-corrected chi connectivity index (χ3v) is 2.78. The number of ether oxygens (including phenoxy) is 1. The van der Waals surface area contributed by atoms with Gasteiger partial charge in [0.25, 0.3) is 0 Å². The smallest absolute Gasteiger partial charge is 0.407 e. The Balaban J connectivity index is 2.68. The molecule has 1 amide bonds. The van der Waals surface area contributed by atoms with Gasteiger partial charge in [0.15, 0.2) is 0 Å². The summed E-state index contributed by atoms with van der Waals surface area (Å²) < 4.78 is 18.8. The third-order valence-electron chi connectivity index (χ3n) is 2.78. The highest BCUT2D eigenvalue weighted by atomic mass is 19.1. The topological polar surface area (TPSA) is 116 Å². The zero-order valence-corrected chi connectivity index (χ0v) is 13.0. The van der Waals surface area contributed by atoms with E-state index in [2.05, 4.69) is 5.32 Å². The Morgan fingerprint density at radius 1 is 1.30 bits per heavy atom. The van der Waals surface area contributed by atoms with Crippen LogP contribution in [0.5, 0.6) is 0 Å². The molecule has 0 heterocycles. The van der Waals surface area contributed by atoms with Gasteiger partial charge in [0.05, 0.1) is 5.56 Å². The minimum absolute atomic E-state index is 0.270. The van der Waals surface area contributed by atoms with Crippen LogP contribution in [0.2, 0.25) is 0 Å². The number of carbonyl (C=O) groups is 2. The monoisotopic (exact) mass is 329 g/mol. The molecule has 0 aliphatic rings. The van der Waals surface area contributed by atoms with Gasteiger partial charge in [-0.25, -0.2) is 14.0 Å². The fourth-order valence-corrected chi connectivity index (χ4v) is 1.72. The lowest BCUT2D eigenvalue weighted by atomic mass is 10.0. The molecule has 0 spiro atoms. The first-order valence-electron chi connectivity index (χ1n) is 6.87. The highest BCUT2D eigenvalue weighted by Crippen LogP contribution is 2.21. The summed E-state index contributed by atoms with van der Waals surface area (Å²) >= 11 is 0. The molecule has 1 rings (SSSR count). The van der Waals surface area contributed by atoms with Crippen LogP contribution in [0.1, 0.15) is 42.8 Å². The first-order chi connectivity index (χ1) is 10.5. The molecule has 0 aliphatic carbocycles. The highest BCUT2D eigenvalue weighted by molar-refractivity contribution is 5.87. The molecule has 128 valence electrons. The second kappa shape index (κ2) is 7.38. The molecule has 1 aromatic rings. The SMILES string of the molecule is CC(C)(C)OC(=O)NCC(O)C(O)c1ccc(C(=O)O)cc1F. The summed E-state index contributed by atoms with van der Waals surface area (Å²) in [5.74, 6) is -2.27. The Morgan fingerprint density at radius 3 is 2.39 bits per heavy atom. The predicted octanol–water partition coefficient (Wildman–Crippen LogP) is 1.44. The van der Waals surface area contributed by atoms with E-state index in [1.165, 1.54) is 0 Å². The summed E-state index contributed by atoms with van der Waals surface area (Å²) in [7, 11) is 0. The third kappa shape index (κ3) is 5.84. The fraction of sp³-hybridized carbons (Fsp3) is 0.467. The molecule has 0 aliphatic heterocycles. The average molecular weight is 329 g/mol. The quantitative estimate of drug-likeness (QED) is 0.649. The number of aromatic carboxylic acids is 1. The van der Waals surface area contributed by atoms with Crippen molar-refractivity contribution < 1.29 is 34.0 Å². The van der Waals surface area contributed by atoms with E-state index in [4.69, 9.17) is 9.84 Å². The zero-order valence-electron chi connectivity index (χ0n) is 13.0. The van der Waals surface area contributed by atoms with Crippen molar-refractivity contribution in [2.45, 2.75) is 38.6 Å².